The largest absolute Gasteiger partial charge is 0.504 e. The summed E-state index contributed by atoms with van der Waals surface area (Å²) in [4.78, 5) is 26.1. The SMILES string of the molecule is COc1cc([N+](=O)[O-])cc(/C=C2\C(=O)ON=C2C)c1O. The fourth-order valence-electron chi connectivity index (χ4n) is 1.66. The molecule has 2 rings (SSSR count). The Balaban J connectivity index is 2.59. The molecule has 1 aromatic carbocycles. The molecule has 0 aromatic heterocycles. The first-order valence-electron chi connectivity index (χ1n) is 5.47. The fourth-order valence-corrected chi connectivity index (χ4v) is 1.66. The van der Waals surface area contributed by atoms with E-state index in [9.17, 15) is 20.0 Å². The quantitative estimate of drug-likeness (QED) is 0.389. The van der Waals surface area contributed by atoms with Gasteiger partial charge < -0.3 is 14.7 Å². The first-order valence-corrected chi connectivity index (χ1v) is 5.47. The van der Waals surface area contributed by atoms with Crippen molar-refractivity contribution in [1.82, 2.24) is 0 Å². The second-order valence-electron chi connectivity index (χ2n) is 3.96. The summed E-state index contributed by atoms with van der Waals surface area (Å²) in [6.45, 7) is 1.54. The molecule has 1 aliphatic heterocycles. The monoisotopic (exact) mass is 278 g/mol. The number of phenols is 1. The lowest BCUT2D eigenvalue weighted by atomic mass is 10.1. The minimum Gasteiger partial charge on any atom is -0.504 e. The molecule has 8 heteroatoms. The molecule has 0 saturated heterocycles. The molecule has 0 fully saturated rings. The number of benzene rings is 1. The van der Waals surface area contributed by atoms with Gasteiger partial charge in [-0.3, -0.25) is 10.1 Å². The first kappa shape index (κ1) is 13.5. The summed E-state index contributed by atoms with van der Waals surface area (Å²) in [5.41, 5.74) is 0.231. The van der Waals surface area contributed by atoms with Crippen LogP contribution in [0.5, 0.6) is 11.5 Å². The number of nitro groups is 1. The normalized spacial score (nSPS) is 16.0. The van der Waals surface area contributed by atoms with E-state index in [0.29, 0.717) is 5.71 Å². The zero-order valence-electron chi connectivity index (χ0n) is 10.6. The van der Waals surface area contributed by atoms with Crippen LogP contribution in [0, 0.1) is 10.1 Å². The molecule has 0 spiro atoms. The highest BCUT2D eigenvalue weighted by Crippen LogP contribution is 2.36. The Morgan fingerprint density at radius 3 is 2.70 bits per heavy atom. The lowest BCUT2D eigenvalue weighted by Crippen LogP contribution is -2.02. The predicted molar refractivity (Wildman–Crippen MR) is 68.5 cm³/mol. The molecule has 104 valence electrons. The van der Waals surface area contributed by atoms with Crippen molar-refractivity contribution in [2.24, 2.45) is 5.16 Å². The van der Waals surface area contributed by atoms with Gasteiger partial charge in [-0.05, 0) is 13.0 Å². The maximum Gasteiger partial charge on any atom is 0.367 e. The molecular weight excluding hydrogens is 268 g/mol. The number of phenolic OH excluding ortho intramolecular Hbond substituents is 1. The summed E-state index contributed by atoms with van der Waals surface area (Å²) in [5, 5.41) is 24.3. The smallest absolute Gasteiger partial charge is 0.367 e. The Morgan fingerprint density at radius 1 is 1.50 bits per heavy atom. The Bertz CT molecular complexity index is 662. The Kier molecular flexibility index (Phi) is 3.38. The molecule has 8 nitrogen and oxygen atoms in total. The Hall–Kier alpha value is -2.90. The minimum atomic E-state index is -0.688. The van der Waals surface area contributed by atoms with Gasteiger partial charge >= 0.3 is 5.97 Å². The van der Waals surface area contributed by atoms with Gasteiger partial charge in [-0.2, -0.15) is 0 Å². The van der Waals surface area contributed by atoms with Crippen LogP contribution in [-0.2, 0) is 9.63 Å². The molecule has 0 bridgehead atoms. The van der Waals surface area contributed by atoms with Crippen molar-refractivity contribution < 1.29 is 24.4 Å². The molecule has 0 unspecified atom stereocenters. The van der Waals surface area contributed by atoms with Crippen LogP contribution in [0.2, 0.25) is 0 Å². The highest BCUT2D eigenvalue weighted by molar-refractivity contribution is 6.24. The number of nitrogens with zero attached hydrogens (tertiary/aromatic N) is 2. The third kappa shape index (κ3) is 2.30. The molecule has 1 heterocycles. The van der Waals surface area contributed by atoms with E-state index in [1.807, 2.05) is 0 Å². The van der Waals surface area contributed by atoms with Crippen LogP contribution in [0.1, 0.15) is 12.5 Å². The zero-order valence-corrected chi connectivity index (χ0v) is 10.6. The first-order chi connectivity index (χ1) is 9.43. The molecule has 0 radical (unpaired) electrons. The zero-order chi connectivity index (χ0) is 14.9. The van der Waals surface area contributed by atoms with Crippen molar-refractivity contribution in [3.05, 3.63) is 33.4 Å². The van der Waals surface area contributed by atoms with Gasteiger partial charge in [0.05, 0.1) is 29.4 Å². The maximum absolute atomic E-state index is 11.4. The van der Waals surface area contributed by atoms with E-state index in [-0.39, 0.29) is 28.3 Å². The molecule has 20 heavy (non-hydrogen) atoms. The second-order valence-corrected chi connectivity index (χ2v) is 3.96. The predicted octanol–water partition coefficient (Wildman–Crippen LogP) is 1.63. The van der Waals surface area contributed by atoms with Gasteiger partial charge in [-0.15, -0.1) is 0 Å². The number of hydrogen-bond donors (Lipinski definition) is 1. The topological polar surface area (TPSA) is 111 Å². The van der Waals surface area contributed by atoms with Gasteiger partial charge in [-0.25, -0.2) is 4.79 Å². The number of methoxy groups -OCH3 is 1. The number of ether oxygens (including phenoxy) is 1. The van der Waals surface area contributed by atoms with Crippen molar-refractivity contribution in [2.45, 2.75) is 6.92 Å². The van der Waals surface area contributed by atoms with Crippen LogP contribution in [-0.4, -0.2) is 28.8 Å². The van der Waals surface area contributed by atoms with E-state index in [1.54, 1.807) is 6.92 Å². The number of non-ortho nitro benzene ring substituents is 1. The molecule has 0 saturated carbocycles. The van der Waals surface area contributed by atoms with Crippen molar-refractivity contribution in [3.63, 3.8) is 0 Å². The van der Waals surface area contributed by atoms with Gasteiger partial charge in [0.15, 0.2) is 11.5 Å². The summed E-state index contributed by atoms with van der Waals surface area (Å²) >= 11 is 0. The standard InChI is InChI=1S/C12H10N2O6/c1-6-9(12(16)20-13-6)4-7-3-8(14(17)18)5-10(19-2)11(7)15/h3-5,15H,1-2H3/b9-4-. The molecule has 1 aliphatic rings. The van der Waals surface area contributed by atoms with Crippen molar-refractivity contribution in [3.8, 4) is 11.5 Å². The van der Waals surface area contributed by atoms with Crippen molar-refractivity contribution in [2.75, 3.05) is 7.11 Å². The highest BCUT2D eigenvalue weighted by atomic mass is 16.7. The Morgan fingerprint density at radius 2 is 2.20 bits per heavy atom. The molecular formula is C12H10N2O6. The van der Waals surface area contributed by atoms with E-state index in [1.165, 1.54) is 13.2 Å². The van der Waals surface area contributed by atoms with E-state index < -0.39 is 10.9 Å². The maximum atomic E-state index is 11.4. The third-order valence-electron chi connectivity index (χ3n) is 2.69. The number of carbonyl (C=O) groups excluding carboxylic acids is 1. The summed E-state index contributed by atoms with van der Waals surface area (Å²) in [5.74, 6) is -1.06. The van der Waals surface area contributed by atoms with Crippen molar-refractivity contribution >= 4 is 23.4 Å². The second kappa shape index (κ2) is 5.00. The molecule has 1 aromatic rings. The summed E-state index contributed by atoms with van der Waals surface area (Å²) in [6, 6.07) is 2.22. The van der Waals surface area contributed by atoms with Crippen LogP contribution < -0.4 is 4.74 Å². The number of nitro benzene ring substituents is 1. The third-order valence-corrected chi connectivity index (χ3v) is 2.69. The van der Waals surface area contributed by atoms with Gasteiger partial charge in [0.1, 0.15) is 0 Å². The van der Waals surface area contributed by atoms with Gasteiger partial charge in [0.25, 0.3) is 5.69 Å². The molecule has 0 aliphatic carbocycles. The number of oxime groups is 1. The fraction of sp³-hybridized carbons (Fsp3) is 0.167. The van der Waals surface area contributed by atoms with Gasteiger partial charge in [0, 0.05) is 11.6 Å². The average Bonchev–Trinajstić information content (AvgIpc) is 2.72. The minimum absolute atomic E-state index is 0.0630. The lowest BCUT2D eigenvalue weighted by Gasteiger charge is -2.06. The summed E-state index contributed by atoms with van der Waals surface area (Å²) in [6.07, 6.45) is 1.26. The van der Waals surface area contributed by atoms with Gasteiger partial charge in [0.2, 0.25) is 0 Å². The molecule has 0 atom stereocenters. The Labute approximate surface area is 113 Å². The average molecular weight is 278 g/mol. The van der Waals surface area contributed by atoms with Crippen LogP contribution in [0.25, 0.3) is 6.08 Å². The molecule has 1 N–H and O–H groups in total. The van der Waals surface area contributed by atoms with Gasteiger partial charge in [-0.1, -0.05) is 5.16 Å². The van der Waals surface area contributed by atoms with E-state index in [4.69, 9.17) is 4.74 Å². The van der Waals surface area contributed by atoms with Crippen LogP contribution >= 0.6 is 0 Å². The van der Waals surface area contributed by atoms with E-state index in [0.717, 1.165) is 12.1 Å². The summed E-state index contributed by atoms with van der Waals surface area (Å²) < 4.78 is 4.86. The number of carbonyl (C=O) groups is 1. The molecule has 0 amide bonds. The van der Waals surface area contributed by atoms with E-state index >= 15 is 0 Å². The summed E-state index contributed by atoms with van der Waals surface area (Å²) in [7, 11) is 1.27. The number of aromatic hydroxyl groups is 1. The number of hydrogen-bond acceptors (Lipinski definition) is 7. The van der Waals surface area contributed by atoms with Crippen LogP contribution in [0.3, 0.4) is 0 Å². The van der Waals surface area contributed by atoms with E-state index in [2.05, 4.69) is 9.99 Å². The van der Waals surface area contributed by atoms with Crippen LogP contribution in [0.15, 0.2) is 22.9 Å². The van der Waals surface area contributed by atoms with Crippen molar-refractivity contribution in [1.29, 1.82) is 0 Å². The number of rotatable bonds is 3. The highest BCUT2D eigenvalue weighted by Gasteiger charge is 2.24. The lowest BCUT2D eigenvalue weighted by molar-refractivity contribution is -0.385. The van der Waals surface area contributed by atoms with Crippen LogP contribution in [0.4, 0.5) is 5.69 Å².